The van der Waals surface area contributed by atoms with Gasteiger partial charge in [-0.25, -0.2) is 4.74 Å². The molecule has 0 unspecified atom stereocenters. The fraction of sp³-hybridized carbons (Fsp3) is 0.600. The summed E-state index contributed by atoms with van der Waals surface area (Å²) in [6, 6.07) is 0. The minimum Gasteiger partial charge on any atom is -0.220 e. The Morgan fingerprint density at radius 2 is 1.12 bits per heavy atom. The van der Waals surface area contributed by atoms with E-state index in [2.05, 4.69) is 0 Å². The molecule has 96 valence electrons. The zero-order chi connectivity index (χ0) is 13.4. The summed E-state index contributed by atoms with van der Waals surface area (Å²) in [4.78, 5) is 0. The Bertz CT molecular complexity index is 284. The maximum absolute atomic E-state index is 12.1. The van der Waals surface area contributed by atoms with Crippen LogP contribution in [0.4, 0.5) is 43.9 Å². The van der Waals surface area contributed by atoms with Crippen LogP contribution in [0.2, 0.25) is 0 Å². The van der Waals surface area contributed by atoms with Crippen molar-refractivity contribution >= 4 is 0 Å². The molecule has 0 N–H and O–H groups in total. The Morgan fingerprint density at radius 1 is 0.750 bits per heavy atom. The summed E-state index contributed by atoms with van der Waals surface area (Å²) >= 11 is 0. The van der Waals surface area contributed by atoms with Crippen LogP contribution in [0.3, 0.4) is 0 Å². The monoisotopic (exact) mass is 266 g/mol. The second kappa shape index (κ2) is 4.11. The Hall–Kier alpha value is -1.00. The summed E-state index contributed by atoms with van der Waals surface area (Å²) in [5, 5.41) is 0. The number of rotatable bonds is 3. The summed E-state index contributed by atoms with van der Waals surface area (Å²) in [5.74, 6) is -10.4. The van der Waals surface area contributed by atoms with Gasteiger partial charge in [-0.1, -0.05) is 0 Å². The van der Waals surface area contributed by atoms with Gasteiger partial charge in [0.1, 0.15) is 0 Å². The Kier molecular flexibility index (Phi) is 3.85. The quantitative estimate of drug-likeness (QED) is 0.705. The van der Waals surface area contributed by atoms with Gasteiger partial charge in [0, 0.05) is 0 Å². The second-order valence-electron chi connectivity index (χ2n) is 2.21. The molecule has 0 atom stereocenters. The Balaban J connectivity index is 5.23. The van der Waals surface area contributed by atoms with Gasteiger partial charge in [0.25, 0.3) is 0 Å². The number of hydrogen-bond donors (Lipinski definition) is 0. The van der Waals surface area contributed by atoms with E-state index < -0.39 is 30.3 Å². The molecule has 11 heteroatoms. The normalized spacial score (nSPS) is 13.9. The molecular weight excluding hydrogens is 266 g/mol. The molecule has 16 heavy (non-hydrogen) atoms. The summed E-state index contributed by atoms with van der Waals surface area (Å²) < 4.78 is 118. The van der Waals surface area contributed by atoms with E-state index in [9.17, 15) is 43.9 Å². The lowest BCUT2D eigenvalue weighted by molar-refractivity contribution is -0.461. The summed E-state index contributed by atoms with van der Waals surface area (Å²) in [6.07, 6.45) is -16.6. The van der Waals surface area contributed by atoms with E-state index in [1.807, 2.05) is 0 Å². The van der Waals surface area contributed by atoms with Gasteiger partial charge in [-0.05, 0) is 0 Å². The number of halogens is 10. The number of ether oxygens (including phenoxy) is 1. The SMILES string of the molecule is FC(F)=C(F)C(F)(F)C(F)(F)OC(F)(F)F. The van der Waals surface area contributed by atoms with Crippen LogP contribution < -0.4 is 0 Å². The van der Waals surface area contributed by atoms with Crippen molar-refractivity contribution in [1.29, 1.82) is 0 Å². The van der Waals surface area contributed by atoms with Gasteiger partial charge in [-0.2, -0.15) is 30.7 Å². The van der Waals surface area contributed by atoms with Crippen molar-refractivity contribution in [3.8, 4) is 0 Å². The number of alkyl halides is 7. The molecule has 0 saturated heterocycles. The molecule has 0 spiro atoms. The van der Waals surface area contributed by atoms with Crippen LogP contribution in [0.5, 0.6) is 0 Å². The average Bonchev–Trinajstić information content (AvgIpc) is 1.97. The van der Waals surface area contributed by atoms with Gasteiger partial charge in [0.15, 0.2) is 0 Å². The minimum absolute atomic E-state index is 1.57. The maximum Gasteiger partial charge on any atom is 0.527 e. The van der Waals surface area contributed by atoms with Gasteiger partial charge in [-0.3, -0.25) is 0 Å². The van der Waals surface area contributed by atoms with Crippen molar-refractivity contribution in [2.45, 2.75) is 18.4 Å². The van der Waals surface area contributed by atoms with Crippen molar-refractivity contribution in [1.82, 2.24) is 0 Å². The largest absolute Gasteiger partial charge is 0.527 e. The van der Waals surface area contributed by atoms with Crippen LogP contribution in [0.1, 0.15) is 0 Å². The van der Waals surface area contributed by atoms with E-state index in [0.717, 1.165) is 0 Å². The second-order valence-corrected chi connectivity index (χ2v) is 2.21. The summed E-state index contributed by atoms with van der Waals surface area (Å²) in [6.45, 7) is 0. The van der Waals surface area contributed by atoms with Crippen LogP contribution >= 0.6 is 0 Å². The first-order chi connectivity index (χ1) is 6.81. The first-order valence-electron chi connectivity index (χ1n) is 3.05. The average molecular weight is 266 g/mol. The fourth-order valence-corrected chi connectivity index (χ4v) is 0.456. The lowest BCUT2D eigenvalue weighted by Gasteiger charge is -2.24. The number of hydrogen-bond acceptors (Lipinski definition) is 1. The smallest absolute Gasteiger partial charge is 0.220 e. The molecule has 1 nitrogen and oxygen atoms in total. The predicted octanol–water partition coefficient (Wildman–Crippen LogP) is 3.83. The van der Waals surface area contributed by atoms with Crippen molar-refractivity contribution in [3.63, 3.8) is 0 Å². The van der Waals surface area contributed by atoms with Crippen LogP contribution in [0, 0.1) is 0 Å². The third-order valence-electron chi connectivity index (χ3n) is 1.05. The minimum atomic E-state index is -6.49. The molecule has 0 radical (unpaired) electrons. The van der Waals surface area contributed by atoms with E-state index in [4.69, 9.17) is 0 Å². The van der Waals surface area contributed by atoms with Crippen LogP contribution in [-0.4, -0.2) is 18.4 Å². The summed E-state index contributed by atoms with van der Waals surface area (Å²) in [5.41, 5.74) is 0. The highest BCUT2D eigenvalue weighted by atomic mass is 19.4. The molecule has 0 bridgehead atoms. The fourth-order valence-electron chi connectivity index (χ4n) is 0.456. The molecule has 0 aromatic carbocycles. The molecule has 0 fully saturated rings. The Labute approximate surface area is 80.3 Å². The van der Waals surface area contributed by atoms with E-state index >= 15 is 0 Å². The molecule has 0 aliphatic carbocycles. The Morgan fingerprint density at radius 3 is 1.38 bits per heavy atom. The lowest BCUT2D eigenvalue weighted by Crippen LogP contribution is -2.46. The molecule has 0 aromatic rings. The third kappa shape index (κ3) is 3.25. The highest BCUT2D eigenvalue weighted by molar-refractivity contribution is 5.08. The third-order valence-corrected chi connectivity index (χ3v) is 1.05. The zero-order valence-electron chi connectivity index (χ0n) is 6.69. The highest BCUT2D eigenvalue weighted by Gasteiger charge is 2.67. The van der Waals surface area contributed by atoms with Crippen molar-refractivity contribution in [2.24, 2.45) is 0 Å². The topological polar surface area (TPSA) is 9.23 Å². The van der Waals surface area contributed by atoms with Crippen molar-refractivity contribution in [3.05, 3.63) is 11.9 Å². The van der Waals surface area contributed by atoms with Gasteiger partial charge < -0.3 is 0 Å². The van der Waals surface area contributed by atoms with E-state index in [1.54, 1.807) is 4.74 Å². The van der Waals surface area contributed by atoms with Crippen LogP contribution in [-0.2, 0) is 4.74 Å². The van der Waals surface area contributed by atoms with E-state index in [1.165, 1.54) is 0 Å². The first kappa shape index (κ1) is 15.0. The first-order valence-corrected chi connectivity index (χ1v) is 3.05. The standard InChI is InChI=1S/C5F10O/c6-1(2(7)8)3(9,10)4(11,12)16-5(13,14)15. The predicted molar refractivity (Wildman–Crippen MR) is 27.4 cm³/mol. The van der Waals surface area contributed by atoms with Gasteiger partial charge in [0.2, 0.25) is 5.83 Å². The van der Waals surface area contributed by atoms with Crippen molar-refractivity contribution < 1.29 is 48.6 Å². The van der Waals surface area contributed by atoms with Gasteiger partial charge in [-0.15, -0.1) is 13.2 Å². The lowest BCUT2D eigenvalue weighted by atomic mass is 10.3. The van der Waals surface area contributed by atoms with E-state index in [0.29, 0.717) is 0 Å². The van der Waals surface area contributed by atoms with Gasteiger partial charge in [0.05, 0.1) is 0 Å². The summed E-state index contributed by atoms with van der Waals surface area (Å²) in [7, 11) is 0. The molecule has 0 aromatic heterocycles. The van der Waals surface area contributed by atoms with E-state index in [-0.39, 0.29) is 0 Å². The van der Waals surface area contributed by atoms with Crippen LogP contribution in [0.25, 0.3) is 0 Å². The highest BCUT2D eigenvalue weighted by Crippen LogP contribution is 2.45. The molecule has 0 amide bonds. The van der Waals surface area contributed by atoms with Crippen LogP contribution in [0.15, 0.2) is 11.9 Å². The molecule has 0 heterocycles. The van der Waals surface area contributed by atoms with Gasteiger partial charge >= 0.3 is 24.5 Å². The zero-order valence-corrected chi connectivity index (χ0v) is 6.69. The van der Waals surface area contributed by atoms with Crippen molar-refractivity contribution in [2.75, 3.05) is 0 Å². The maximum atomic E-state index is 12.1. The molecular formula is C5F10O. The molecule has 0 rings (SSSR count). The molecule has 0 aliphatic heterocycles. The molecule has 0 aliphatic rings. The molecule has 0 saturated carbocycles.